The largest absolute Gasteiger partial charge is 0.312 e. The Morgan fingerprint density at radius 3 is 2.40 bits per heavy atom. The molecule has 2 heteroatoms. The van der Waals surface area contributed by atoms with Crippen molar-refractivity contribution >= 4 is 7.85 Å². The molecule has 0 heterocycles. The summed E-state index contributed by atoms with van der Waals surface area (Å²) in [5.41, 5.74) is 0. The Labute approximate surface area is 96.8 Å². The summed E-state index contributed by atoms with van der Waals surface area (Å²) >= 11 is 0. The van der Waals surface area contributed by atoms with Gasteiger partial charge in [-0.2, -0.15) is 0 Å². The molecule has 1 aliphatic rings. The lowest BCUT2D eigenvalue weighted by molar-refractivity contribution is 0.331. The zero-order valence-corrected chi connectivity index (χ0v) is 11.1. The first-order valence-electron chi connectivity index (χ1n) is 6.78. The zero-order chi connectivity index (χ0) is 11.3. The van der Waals surface area contributed by atoms with E-state index in [2.05, 4.69) is 33.9 Å². The summed E-state index contributed by atoms with van der Waals surface area (Å²) in [5.74, 6) is 0. The predicted molar refractivity (Wildman–Crippen MR) is 71.3 cm³/mol. The van der Waals surface area contributed by atoms with Gasteiger partial charge in [-0.1, -0.05) is 59.3 Å². The Kier molecular flexibility index (Phi) is 5.18. The van der Waals surface area contributed by atoms with Crippen molar-refractivity contribution in [1.82, 2.24) is 5.32 Å². The number of hydrogen-bond acceptors (Lipinski definition) is 1. The third-order valence-electron chi connectivity index (χ3n) is 3.79. The van der Waals surface area contributed by atoms with Crippen molar-refractivity contribution in [3.05, 3.63) is 0 Å². The van der Waals surface area contributed by atoms with Gasteiger partial charge in [-0.25, -0.2) is 0 Å². The van der Waals surface area contributed by atoms with Gasteiger partial charge in [0.15, 0.2) is 0 Å². The van der Waals surface area contributed by atoms with Crippen LogP contribution >= 0.6 is 0 Å². The van der Waals surface area contributed by atoms with Gasteiger partial charge in [-0.05, 0) is 11.7 Å². The summed E-state index contributed by atoms with van der Waals surface area (Å²) in [7, 11) is 2.44. The minimum absolute atomic E-state index is 0.481. The smallest absolute Gasteiger partial charge is 0.111 e. The zero-order valence-electron chi connectivity index (χ0n) is 11.1. The van der Waals surface area contributed by atoms with Gasteiger partial charge in [0.1, 0.15) is 7.85 Å². The molecular formula is C13H28BN. The average molecular weight is 209 g/mol. The molecule has 0 radical (unpaired) electrons. The Balaban J connectivity index is 2.58. The first-order chi connectivity index (χ1) is 7.02. The van der Waals surface area contributed by atoms with Crippen LogP contribution in [0.15, 0.2) is 0 Å². The normalized spacial score (nSPS) is 34.5. The second kappa shape index (κ2) is 5.93. The van der Waals surface area contributed by atoms with Crippen molar-refractivity contribution in [2.75, 3.05) is 0 Å². The number of nitrogens with one attached hydrogen (secondary N) is 1. The van der Waals surface area contributed by atoms with Crippen molar-refractivity contribution < 1.29 is 0 Å². The molecular weight excluding hydrogens is 181 g/mol. The molecule has 0 amide bonds. The van der Waals surface area contributed by atoms with Crippen LogP contribution < -0.4 is 5.32 Å². The minimum Gasteiger partial charge on any atom is -0.312 e. The Morgan fingerprint density at radius 1 is 1.13 bits per heavy atom. The molecule has 0 aromatic rings. The molecule has 1 saturated carbocycles. The summed E-state index contributed by atoms with van der Waals surface area (Å²) in [6.45, 7) is 6.98. The number of rotatable bonds is 2. The highest BCUT2D eigenvalue weighted by Gasteiger charge is 2.29. The second-order valence-electron chi connectivity index (χ2n) is 6.17. The summed E-state index contributed by atoms with van der Waals surface area (Å²) in [5, 5.41) is 4.25. The molecule has 1 N–H and O–H groups in total. The molecule has 0 aromatic carbocycles. The summed E-state index contributed by atoms with van der Waals surface area (Å²) in [4.78, 5) is 0. The first-order valence-corrected chi connectivity index (χ1v) is 6.78. The van der Waals surface area contributed by atoms with Crippen molar-refractivity contribution in [1.29, 1.82) is 0 Å². The minimum atomic E-state index is 0.481. The molecule has 2 unspecified atom stereocenters. The standard InChI is InChI=1S/C13H28BN/c1-11(2)15-12-9-7-5-4-6-8-10-13(12,3)14/h11-12,15H,4-10,14H2,1-3H3. The molecule has 0 spiro atoms. The van der Waals surface area contributed by atoms with Gasteiger partial charge < -0.3 is 5.32 Å². The maximum atomic E-state index is 3.77. The van der Waals surface area contributed by atoms with E-state index in [-0.39, 0.29) is 0 Å². The van der Waals surface area contributed by atoms with Crippen LogP contribution in [0.4, 0.5) is 0 Å². The van der Waals surface area contributed by atoms with E-state index < -0.39 is 0 Å². The van der Waals surface area contributed by atoms with Crippen molar-refractivity contribution in [3.8, 4) is 0 Å². The van der Waals surface area contributed by atoms with Gasteiger partial charge in [0, 0.05) is 12.1 Å². The van der Waals surface area contributed by atoms with E-state index in [1.807, 2.05) is 0 Å². The average Bonchev–Trinajstić information content (AvgIpc) is 2.19. The van der Waals surface area contributed by atoms with Gasteiger partial charge in [0.25, 0.3) is 0 Å². The van der Waals surface area contributed by atoms with E-state index in [0.29, 0.717) is 11.4 Å². The lowest BCUT2D eigenvalue weighted by Crippen LogP contribution is -2.43. The van der Waals surface area contributed by atoms with Gasteiger partial charge in [0.05, 0.1) is 0 Å². The van der Waals surface area contributed by atoms with E-state index in [1.54, 1.807) is 0 Å². The molecule has 1 fully saturated rings. The van der Waals surface area contributed by atoms with Crippen molar-refractivity contribution in [2.24, 2.45) is 0 Å². The highest BCUT2D eigenvalue weighted by molar-refractivity contribution is 6.15. The third kappa shape index (κ3) is 4.59. The fourth-order valence-electron chi connectivity index (χ4n) is 2.74. The van der Waals surface area contributed by atoms with Crippen LogP contribution in [0.1, 0.15) is 65.7 Å². The van der Waals surface area contributed by atoms with Crippen LogP contribution in [0, 0.1) is 0 Å². The lowest BCUT2D eigenvalue weighted by Gasteiger charge is -2.36. The van der Waals surface area contributed by atoms with Gasteiger partial charge in [-0.3, -0.25) is 0 Å². The molecule has 1 nitrogen and oxygen atoms in total. The maximum Gasteiger partial charge on any atom is 0.111 e. The topological polar surface area (TPSA) is 12.0 Å². The predicted octanol–water partition coefficient (Wildman–Crippen LogP) is 2.91. The lowest BCUT2D eigenvalue weighted by atomic mass is 9.61. The molecule has 2 atom stereocenters. The molecule has 15 heavy (non-hydrogen) atoms. The van der Waals surface area contributed by atoms with Crippen LogP contribution in [0.2, 0.25) is 5.31 Å². The SMILES string of the molecule is BC1(C)CCCCCCCC1NC(C)C. The van der Waals surface area contributed by atoms with Crippen LogP contribution in [-0.4, -0.2) is 19.9 Å². The molecule has 0 aliphatic heterocycles. The Morgan fingerprint density at radius 2 is 1.73 bits per heavy atom. The van der Waals surface area contributed by atoms with E-state index in [1.165, 1.54) is 44.9 Å². The molecule has 0 aromatic heterocycles. The molecule has 1 rings (SSSR count). The highest BCUT2D eigenvalue weighted by Crippen LogP contribution is 2.36. The van der Waals surface area contributed by atoms with Gasteiger partial charge in [0.2, 0.25) is 0 Å². The summed E-state index contributed by atoms with van der Waals surface area (Å²) in [6, 6.07) is 1.34. The molecule has 0 saturated heterocycles. The fraction of sp³-hybridized carbons (Fsp3) is 1.00. The second-order valence-corrected chi connectivity index (χ2v) is 6.17. The monoisotopic (exact) mass is 209 g/mol. The van der Waals surface area contributed by atoms with Crippen molar-refractivity contribution in [2.45, 2.75) is 83.1 Å². The third-order valence-corrected chi connectivity index (χ3v) is 3.79. The van der Waals surface area contributed by atoms with Crippen molar-refractivity contribution in [3.63, 3.8) is 0 Å². The van der Waals surface area contributed by atoms with E-state index in [0.717, 1.165) is 6.04 Å². The Hall–Kier alpha value is 0.0249. The van der Waals surface area contributed by atoms with Crippen LogP contribution in [-0.2, 0) is 0 Å². The number of hydrogen-bond donors (Lipinski definition) is 1. The summed E-state index contributed by atoms with van der Waals surface area (Å²) in [6.07, 6.45) is 9.91. The molecule has 0 bridgehead atoms. The van der Waals surface area contributed by atoms with Crippen LogP contribution in [0.5, 0.6) is 0 Å². The highest BCUT2D eigenvalue weighted by atomic mass is 14.9. The quantitative estimate of drug-likeness (QED) is 0.689. The molecule has 88 valence electrons. The maximum absolute atomic E-state index is 3.77. The van der Waals surface area contributed by atoms with Crippen LogP contribution in [0.3, 0.4) is 0 Å². The van der Waals surface area contributed by atoms with E-state index >= 15 is 0 Å². The van der Waals surface area contributed by atoms with E-state index in [4.69, 9.17) is 0 Å². The fourth-order valence-corrected chi connectivity index (χ4v) is 2.74. The van der Waals surface area contributed by atoms with E-state index in [9.17, 15) is 0 Å². The van der Waals surface area contributed by atoms with Crippen LogP contribution in [0.25, 0.3) is 0 Å². The Bertz CT molecular complexity index is 177. The van der Waals surface area contributed by atoms with Gasteiger partial charge >= 0.3 is 0 Å². The first kappa shape index (κ1) is 13.1. The summed E-state index contributed by atoms with van der Waals surface area (Å²) < 4.78 is 0. The van der Waals surface area contributed by atoms with Gasteiger partial charge in [-0.15, -0.1) is 0 Å². The molecule has 1 aliphatic carbocycles.